The molecule has 2 aromatic rings. The Hall–Kier alpha value is -3.22. The third-order valence-corrected chi connectivity index (χ3v) is 4.81. The lowest BCUT2D eigenvalue weighted by Crippen LogP contribution is -2.36. The molecule has 0 unspecified atom stereocenters. The van der Waals surface area contributed by atoms with Gasteiger partial charge in [0.2, 0.25) is 0 Å². The van der Waals surface area contributed by atoms with Crippen LogP contribution in [-0.2, 0) is 0 Å². The quantitative estimate of drug-likeness (QED) is 0.704. The van der Waals surface area contributed by atoms with E-state index in [4.69, 9.17) is 9.84 Å². The van der Waals surface area contributed by atoms with Crippen molar-refractivity contribution >= 4 is 23.5 Å². The zero-order valence-electron chi connectivity index (χ0n) is 15.9. The van der Waals surface area contributed by atoms with E-state index >= 15 is 0 Å². The van der Waals surface area contributed by atoms with Crippen LogP contribution in [0, 0.1) is 0 Å². The van der Waals surface area contributed by atoms with Crippen LogP contribution < -0.4 is 15.4 Å². The van der Waals surface area contributed by atoms with E-state index in [9.17, 15) is 9.59 Å². The third-order valence-electron chi connectivity index (χ3n) is 4.81. The van der Waals surface area contributed by atoms with Crippen molar-refractivity contribution in [2.75, 3.05) is 30.3 Å². The lowest BCUT2D eigenvalue weighted by Gasteiger charge is -2.30. The summed E-state index contributed by atoms with van der Waals surface area (Å²) in [7, 11) is 0. The monoisotopic (exact) mass is 383 g/mol. The minimum atomic E-state index is -0.851. The average molecular weight is 383 g/mol. The van der Waals surface area contributed by atoms with Gasteiger partial charge in [-0.2, -0.15) is 0 Å². The Balaban J connectivity index is 1.53. The van der Waals surface area contributed by atoms with E-state index in [1.807, 2.05) is 43.3 Å². The van der Waals surface area contributed by atoms with Crippen molar-refractivity contribution in [2.45, 2.75) is 25.7 Å². The van der Waals surface area contributed by atoms with E-state index in [-0.39, 0.29) is 6.03 Å². The summed E-state index contributed by atoms with van der Waals surface area (Å²) >= 11 is 0. The van der Waals surface area contributed by atoms with Gasteiger partial charge in [0.25, 0.3) is 0 Å². The Bertz CT molecular complexity index is 815. The van der Waals surface area contributed by atoms with Crippen LogP contribution in [-0.4, -0.2) is 41.8 Å². The molecule has 0 bridgehead atoms. The lowest BCUT2D eigenvalue weighted by atomic mass is 9.89. The van der Waals surface area contributed by atoms with Gasteiger partial charge < -0.3 is 25.4 Å². The molecule has 148 valence electrons. The van der Waals surface area contributed by atoms with E-state index in [1.54, 1.807) is 12.1 Å². The molecule has 1 fully saturated rings. The van der Waals surface area contributed by atoms with Gasteiger partial charge in [0.05, 0.1) is 6.61 Å². The molecule has 3 amide bonds. The van der Waals surface area contributed by atoms with Crippen LogP contribution in [0.25, 0.3) is 0 Å². The number of carbonyl (C=O) groups is 2. The minimum Gasteiger partial charge on any atom is -0.494 e. The second-order valence-corrected chi connectivity index (χ2v) is 6.71. The van der Waals surface area contributed by atoms with Gasteiger partial charge in [-0.05, 0) is 55.5 Å². The minimum absolute atomic E-state index is 0.323. The predicted molar refractivity (Wildman–Crippen MR) is 108 cm³/mol. The number of amides is 3. The molecule has 0 atom stereocenters. The van der Waals surface area contributed by atoms with Crippen LogP contribution in [0.5, 0.6) is 5.75 Å². The van der Waals surface area contributed by atoms with E-state index in [0.29, 0.717) is 42.7 Å². The molecule has 2 aromatic carbocycles. The SMILES string of the molecule is CCOc1cccc(NC(=O)Nc2ccc(C3CCN(C(=O)O)CC3)cc2)c1. The van der Waals surface area contributed by atoms with Crippen molar-refractivity contribution in [1.29, 1.82) is 0 Å². The second-order valence-electron chi connectivity index (χ2n) is 6.71. The van der Waals surface area contributed by atoms with Crippen molar-refractivity contribution in [3.8, 4) is 5.75 Å². The maximum atomic E-state index is 12.2. The van der Waals surface area contributed by atoms with Gasteiger partial charge in [0.1, 0.15) is 5.75 Å². The number of nitrogens with zero attached hydrogens (tertiary/aromatic N) is 1. The molecule has 0 saturated carbocycles. The molecule has 3 N–H and O–H groups in total. The summed E-state index contributed by atoms with van der Waals surface area (Å²) < 4.78 is 5.43. The molecule has 7 heteroatoms. The van der Waals surface area contributed by atoms with Gasteiger partial charge in [0.15, 0.2) is 0 Å². The molecular weight excluding hydrogens is 358 g/mol. The first-order valence-corrected chi connectivity index (χ1v) is 9.44. The predicted octanol–water partition coefficient (Wildman–Crippen LogP) is 4.59. The Morgan fingerprint density at radius 2 is 1.75 bits per heavy atom. The summed E-state index contributed by atoms with van der Waals surface area (Å²) in [6.45, 7) is 3.59. The Morgan fingerprint density at radius 1 is 1.07 bits per heavy atom. The third kappa shape index (κ3) is 5.16. The summed E-state index contributed by atoms with van der Waals surface area (Å²) in [6.07, 6.45) is 0.779. The van der Waals surface area contributed by atoms with E-state index < -0.39 is 6.09 Å². The first kappa shape index (κ1) is 19.5. The summed E-state index contributed by atoms with van der Waals surface area (Å²) in [6, 6.07) is 14.6. The maximum absolute atomic E-state index is 12.2. The largest absolute Gasteiger partial charge is 0.494 e. The van der Waals surface area contributed by atoms with Gasteiger partial charge in [-0.15, -0.1) is 0 Å². The molecule has 0 spiro atoms. The highest BCUT2D eigenvalue weighted by Crippen LogP contribution is 2.29. The fraction of sp³-hybridized carbons (Fsp3) is 0.333. The number of ether oxygens (including phenoxy) is 1. The van der Waals surface area contributed by atoms with Gasteiger partial charge >= 0.3 is 12.1 Å². The molecular formula is C21H25N3O4. The van der Waals surface area contributed by atoms with E-state index in [0.717, 1.165) is 12.8 Å². The van der Waals surface area contributed by atoms with Crippen molar-refractivity contribution in [1.82, 2.24) is 4.90 Å². The van der Waals surface area contributed by atoms with Crippen LogP contribution >= 0.6 is 0 Å². The second kappa shape index (κ2) is 9.12. The highest BCUT2D eigenvalue weighted by molar-refractivity contribution is 5.99. The smallest absolute Gasteiger partial charge is 0.407 e. The zero-order chi connectivity index (χ0) is 19.9. The van der Waals surface area contributed by atoms with Crippen molar-refractivity contribution in [3.63, 3.8) is 0 Å². The number of likely N-dealkylation sites (tertiary alicyclic amines) is 1. The molecule has 3 rings (SSSR count). The molecule has 1 saturated heterocycles. The summed E-state index contributed by atoms with van der Waals surface area (Å²) in [5.74, 6) is 1.05. The number of rotatable bonds is 5. The van der Waals surface area contributed by atoms with Crippen LogP contribution in [0.2, 0.25) is 0 Å². The van der Waals surface area contributed by atoms with Gasteiger partial charge in [-0.3, -0.25) is 0 Å². The van der Waals surface area contributed by atoms with Crippen molar-refractivity contribution < 1.29 is 19.4 Å². The van der Waals surface area contributed by atoms with Crippen LogP contribution in [0.15, 0.2) is 48.5 Å². The van der Waals surface area contributed by atoms with Gasteiger partial charge in [-0.1, -0.05) is 18.2 Å². The average Bonchev–Trinajstić information content (AvgIpc) is 2.69. The number of piperidine rings is 1. The fourth-order valence-corrected chi connectivity index (χ4v) is 3.37. The number of urea groups is 1. The van der Waals surface area contributed by atoms with Crippen molar-refractivity contribution in [3.05, 3.63) is 54.1 Å². The number of anilines is 2. The first-order valence-electron chi connectivity index (χ1n) is 9.44. The molecule has 0 radical (unpaired) electrons. The molecule has 1 aliphatic heterocycles. The Kier molecular flexibility index (Phi) is 6.37. The fourth-order valence-electron chi connectivity index (χ4n) is 3.37. The number of hydrogen-bond acceptors (Lipinski definition) is 3. The molecule has 28 heavy (non-hydrogen) atoms. The molecule has 1 heterocycles. The molecule has 0 aliphatic carbocycles. The molecule has 7 nitrogen and oxygen atoms in total. The van der Waals surface area contributed by atoms with Crippen LogP contribution in [0.4, 0.5) is 21.0 Å². The topological polar surface area (TPSA) is 90.9 Å². The number of benzene rings is 2. The number of hydrogen-bond donors (Lipinski definition) is 3. The molecule has 0 aromatic heterocycles. The first-order chi connectivity index (χ1) is 13.5. The molecule has 1 aliphatic rings. The van der Waals surface area contributed by atoms with E-state index in [2.05, 4.69) is 10.6 Å². The standard InChI is InChI=1S/C21H25N3O4/c1-2-28-19-5-3-4-18(14-19)23-20(25)22-17-8-6-15(7-9-17)16-10-12-24(13-11-16)21(26)27/h3-9,14,16H,2,10-13H2,1H3,(H,26,27)(H2,22,23,25). The normalized spacial score (nSPS) is 14.4. The highest BCUT2D eigenvalue weighted by Gasteiger charge is 2.23. The summed E-state index contributed by atoms with van der Waals surface area (Å²) in [5, 5.41) is 14.6. The maximum Gasteiger partial charge on any atom is 0.407 e. The highest BCUT2D eigenvalue weighted by atomic mass is 16.5. The van der Waals surface area contributed by atoms with Gasteiger partial charge in [0, 0.05) is 30.5 Å². The van der Waals surface area contributed by atoms with Crippen LogP contribution in [0.1, 0.15) is 31.2 Å². The van der Waals surface area contributed by atoms with Crippen LogP contribution in [0.3, 0.4) is 0 Å². The number of carboxylic acid groups (broad SMARTS) is 1. The number of nitrogens with one attached hydrogen (secondary N) is 2. The Labute approximate surface area is 164 Å². The lowest BCUT2D eigenvalue weighted by molar-refractivity contribution is 0.132. The van der Waals surface area contributed by atoms with Crippen molar-refractivity contribution in [2.24, 2.45) is 0 Å². The number of carbonyl (C=O) groups excluding carboxylic acids is 1. The van der Waals surface area contributed by atoms with Gasteiger partial charge in [-0.25, -0.2) is 9.59 Å². The summed E-state index contributed by atoms with van der Waals surface area (Å²) in [5.41, 5.74) is 2.52. The van der Waals surface area contributed by atoms with E-state index in [1.165, 1.54) is 10.5 Å². The Morgan fingerprint density at radius 3 is 2.39 bits per heavy atom. The zero-order valence-corrected chi connectivity index (χ0v) is 15.9. The summed E-state index contributed by atoms with van der Waals surface area (Å²) in [4.78, 5) is 24.7.